The Hall–Kier alpha value is -2.17. The highest BCUT2D eigenvalue weighted by Gasteiger charge is 2.00. The first-order chi connectivity index (χ1) is 6.77. The third-order valence-corrected chi connectivity index (χ3v) is 1.73. The Morgan fingerprint density at radius 3 is 3.21 bits per heavy atom. The molecule has 2 N–H and O–H groups in total. The van der Waals surface area contributed by atoms with E-state index in [0.717, 1.165) is 5.56 Å². The van der Waals surface area contributed by atoms with Crippen molar-refractivity contribution in [1.29, 1.82) is 0 Å². The molecule has 0 aliphatic rings. The molecule has 70 valence electrons. The molecular weight excluding hydrogens is 180 g/mol. The van der Waals surface area contributed by atoms with Crippen LogP contribution >= 0.6 is 0 Å². The summed E-state index contributed by atoms with van der Waals surface area (Å²) < 4.78 is 1.63. The molecule has 0 bridgehead atoms. The number of amides is 1. The van der Waals surface area contributed by atoms with Crippen LogP contribution in [0, 0.1) is 0 Å². The Morgan fingerprint density at radius 2 is 2.43 bits per heavy atom. The number of nitrogens with zero attached hydrogens (tertiary/aromatic N) is 3. The molecule has 0 aliphatic carbocycles. The molecule has 0 aliphatic heterocycles. The lowest BCUT2D eigenvalue weighted by Crippen LogP contribution is -2.05. The van der Waals surface area contributed by atoms with E-state index < -0.39 is 5.91 Å². The van der Waals surface area contributed by atoms with E-state index in [2.05, 4.69) is 10.1 Å². The summed E-state index contributed by atoms with van der Waals surface area (Å²) in [6, 6.07) is 1.78. The third kappa shape index (κ3) is 1.47. The van der Waals surface area contributed by atoms with E-state index in [1.165, 1.54) is 6.08 Å². The molecule has 2 aromatic heterocycles. The number of aromatic nitrogens is 3. The van der Waals surface area contributed by atoms with Gasteiger partial charge in [0.1, 0.15) is 0 Å². The van der Waals surface area contributed by atoms with Crippen molar-refractivity contribution in [3.05, 3.63) is 36.3 Å². The maximum Gasteiger partial charge on any atom is 0.241 e. The van der Waals surface area contributed by atoms with Gasteiger partial charge in [0.15, 0.2) is 5.65 Å². The summed E-state index contributed by atoms with van der Waals surface area (Å²) in [5, 5.41) is 4.05. The van der Waals surface area contributed by atoms with E-state index >= 15 is 0 Å². The Labute approximate surface area is 79.9 Å². The molecule has 0 spiro atoms. The Morgan fingerprint density at radius 1 is 1.57 bits per heavy atom. The highest BCUT2D eigenvalue weighted by molar-refractivity contribution is 5.91. The average Bonchev–Trinajstić information content (AvgIpc) is 2.58. The van der Waals surface area contributed by atoms with Crippen molar-refractivity contribution in [2.45, 2.75) is 0 Å². The molecule has 2 heterocycles. The van der Waals surface area contributed by atoms with Gasteiger partial charge in [-0.15, -0.1) is 0 Å². The van der Waals surface area contributed by atoms with Crippen molar-refractivity contribution in [2.24, 2.45) is 5.73 Å². The first kappa shape index (κ1) is 8.43. The number of carbonyl (C=O) groups excluding carboxylic acids is 1. The lowest BCUT2D eigenvalue weighted by atomic mass is 10.3. The summed E-state index contributed by atoms with van der Waals surface area (Å²) >= 11 is 0. The Bertz CT molecular complexity index is 500. The molecule has 5 heteroatoms. The topological polar surface area (TPSA) is 73.3 Å². The summed E-state index contributed by atoms with van der Waals surface area (Å²) in [7, 11) is 0. The van der Waals surface area contributed by atoms with Gasteiger partial charge >= 0.3 is 0 Å². The second-order valence-electron chi connectivity index (χ2n) is 2.72. The van der Waals surface area contributed by atoms with Crippen LogP contribution in [0.3, 0.4) is 0 Å². The van der Waals surface area contributed by atoms with E-state index in [0.29, 0.717) is 5.65 Å². The zero-order valence-electron chi connectivity index (χ0n) is 7.29. The molecule has 0 aromatic carbocycles. The minimum atomic E-state index is -0.486. The number of fused-ring (bicyclic) bond motifs is 1. The van der Waals surface area contributed by atoms with Gasteiger partial charge < -0.3 is 5.73 Å². The summed E-state index contributed by atoms with van der Waals surface area (Å²) in [5.41, 5.74) is 6.45. The van der Waals surface area contributed by atoms with Gasteiger partial charge in [0, 0.05) is 24.0 Å². The predicted octanol–water partition coefficient (Wildman–Crippen LogP) is 0.228. The van der Waals surface area contributed by atoms with Gasteiger partial charge in [-0.05, 0) is 12.1 Å². The van der Waals surface area contributed by atoms with Crippen LogP contribution in [-0.2, 0) is 4.79 Å². The first-order valence-corrected chi connectivity index (χ1v) is 4.03. The fourth-order valence-corrected chi connectivity index (χ4v) is 1.14. The molecule has 14 heavy (non-hydrogen) atoms. The van der Waals surface area contributed by atoms with Gasteiger partial charge in [-0.25, -0.2) is 9.50 Å². The van der Waals surface area contributed by atoms with Crippen molar-refractivity contribution < 1.29 is 4.79 Å². The standard InChI is InChI=1S/C9H8N4O/c10-8(14)3-2-7-6-12-13-5-1-4-11-9(7)13/h1-6H,(H2,10,14). The minimum Gasteiger partial charge on any atom is -0.366 e. The van der Waals surface area contributed by atoms with Gasteiger partial charge in [-0.1, -0.05) is 0 Å². The lowest BCUT2D eigenvalue weighted by molar-refractivity contribution is -0.113. The molecule has 0 atom stereocenters. The first-order valence-electron chi connectivity index (χ1n) is 4.03. The van der Waals surface area contributed by atoms with Crippen LogP contribution < -0.4 is 5.73 Å². The van der Waals surface area contributed by atoms with Crippen LogP contribution in [0.4, 0.5) is 0 Å². The number of primary amides is 1. The number of hydrogen-bond acceptors (Lipinski definition) is 3. The zero-order valence-corrected chi connectivity index (χ0v) is 7.29. The van der Waals surface area contributed by atoms with Gasteiger partial charge in [0.2, 0.25) is 5.91 Å². The van der Waals surface area contributed by atoms with E-state index in [1.54, 1.807) is 35.2 Å². The van der Waals surface area contributed by atoms with Gasteiger partial charge in [-0.2, -0.15) is 5.10 Å². The van der Waals surface area contributed by atoms with Crippen molar-refractivity contribution in [1.82, 2.24) is 14.6 Å². The molecule has 2 aromatic rings. The predicted molar refractivity (Wildman–Crippen MR) is 51.2 cm³/mol. The van der Waals surface area contributed by atoms with E-state index in [9.17, 15) is 4.79 Å². The fourth-order valence-electron chi connectivity index (χ4n) is 1.14. The van der Waals surface area contributed by atoms with Crippen molar-refractivity contribution >= 4 is 17.6 Å². The van der Waals surface area contributed by atoms with Crippen LogP contribution in [-0.4, -0.2) is 20.5 Å². The van der Waals surface area contributed by atoms with Crippen LogP contribution in [0.1, 0.15) is 5.56 Å². The zero-order chi connectivity index (χ0) is 9.97. The van der Waals surface area contributed by atoms with Crippen LogP contribution in [0.15, 0.2) is 30.7 Å². The Balaban J connectivity index is 2.48. The van der Waals surface area contributed by atoms with Crippen LogP contribution in [0.2, 0.25) is 0 Å². The van der Waals surface area contributed by atoms with Gasteiger partial charge in [0.25, 0.3) is 0 Å². The molecule has 0 radical (unpaired) electrons. The summed E-state index contributed by atoms with van der Waals surface area (Å²) in [4.78, 5) is 14.6. The molecule has 0 fully saturated rings. The second-order valence-corrected chi connectivity index (χ2v) is 2.72. The highest BCUT2D eigenvalue weighted by Crippen LogP contribution is 2.08. The van der Waals surface area contributed by atoms with Crippen LogP contribution in [0.5, 0.6) is 0 Å². The molecule has 1 amide bonds. The van der Waals surface area contributed by atoms with Gasteiger partial charge in [-0.3, -0.25) is 4.79 Å². The van der Waals surface area contributed by atoms with E-state index in [-0.39, 0.29) is 0 Å². The van der Waals surface area contributed by atoms with E-state index in [4.69, 9.17) is 5.73 Å². The van der Waals surface area contributed by atoms with Crippen molar-refractivity contribution in [3.63, 3.8) is 0 Å². The molecule has 2 rings (SSSR count). The summed E-state index contributed by atoms with van der Waals surface area (Å²) in [6.07, 6.45) is 7.95. The lowest BCUT2D eigenvalue weighted by Gasteiger charge is -1.90. The quantitative estimate of drug-likeness (QED) is 0.685. The highest BCUT2D eigenvalue weighted by atomic mass is 16.1. The SMILES string of the molecule is NC(=O)C=Cc1cnn2cccnc12. The van der Waals surface area contributed by atoms with Crippen molar-refractivity contribution in [3.8, 4) is 0 Å². The summed E-state index contributed by atoms with van der Waals surface area (Å²) in [5.74, 6) is -0.486. The van der Waals surface area contributed by atoms with Crippen molar-refractivity contribution in [2.75, 3.05) is 0 Å². The number of hydrogen-bond donors (Lipinski definition) is 1. The molecule has 5 nitrogen and oxygen atoms in total. The summed E-state index contributed by atoms with van der Waals surface area (Å²) in [6.45, 7) is 0. The number of nitrogens with two attached hydrogens (primary N) is 1. The maximum atomic E-state index is 10.5. The van der Waals surface area contributed by atoms with Crippen LogP contribution in [0.25, 0.3) is 11.7 Å². The fraction of sp³-hybridized carbons (Fsp3) is 0. The average molecular weight is 188 g/mol. The van der Waals surface area contributed by atoms with E-state index in [1.807, 2.05) is 0 Å². The third-order valence-electron chi connectivity index (χ3n) is 1.73. The maximum absolute atomic E-state index is 10.5. The molecule has 0 saturated carbocycles. The monoisotopic (exact) mass is 188 g/mol. The smallest absolute Gasteiger partial charge is 0.241 e. The molecule has 0 unspecified atom stereocenters. The number of rotatable bonds is 2. The second kappa shape index (κ2) is 3.29. The molecular formula is C9H8N4O. The largest absolute Gasteiger partial charge is 0.366 e. The minimum absolute atomic E-state index is 0.486. The van der Waals surface area contributed by atoms with Gasteiger partial charge in [0.05, 0.1) is 6.20 Å². The Kier molecular flexibility index (Phi) is 1.98. The normalized spacial score (nSPS) is 11.1. The number of carbonyl (C=O) groups is 1. The molecule has 0 saturated heterocycles.